The number of aromatic nitrogens is 3. The van der Waals surface area contributed by atoms with Crippen LogP contribution in [0.2, 0.25) is 0 Å². The number of halogens is 1. The van der Waals surface area contributed by atoms with Crippen LogP contribution in [0.4, 0.5) is 4.39 Å². The SMILES string of the molecule is CC(C)OC(=O)C(C)NP(=O)(OCC1CC(C)(F)C(n2ccc(=O)[nH]c2=O)O1)Oc1ccc2c(c1)c(=O)c1ccccc1n2C. The molecule has 2 aromatic heterocycles. The summed E-state index contributed by atoms with van der Waals surface area (Å²) < 4.78 is 55.0. The first-order valence-electron chi connectivity index (χ1n) is 14.3. The minimum atomic E-state index is -4.43. The van der Waals surface area contributed by atoms with Crippen LogP contribution in [0.15, 0.2) is 69.1 Å². The molecule has 0 bridgehead atoms. The van der Waals surface area contributed by atoms with Crippen molar-refractivity contribution in [2.24, 2.45) is 7.05 Å². The zero-order valence-electron chi connectivity index (χ0n) is 25.3. The molecular formula is C30H34FN4O9P. The number of benzene rings is 2. The monoisotopic (exact) mass is 644 g/mol. The fourth-order valence-electron chi connectivity index (χ4n) is 5.30. The molecule has 0 radical (unpaired) electrons. The van der Waals surface area contributed by atoms with Crippen LogP contribution in [0.25, 0.3) is 21.8 Å². The van der Waals surface area contributed by atoms with E-state index in [0.29, 0.717) is 16.3 Å². The average molecular weight is 645 g/mol. The van der Waals surface area contributed by atoms with Crippen molar-refractivity contribution in [3.8, 4) is 5.75 Å². The van der Waals surface area contributed by atoms with Gasteiger partial charge in [0, 0.05) is 36.5 Å². The first kappa shape index (κ1) is 32.3. The van der Waals surface area contributed by atoms with Gasteiger partial charge >= 0.3 is 19.4 Å². The number of rotatable bonds is 10. The van der Waals surface area contributed by atoms with Gasteiger partial charge in [0.15, 0.2) is 17.3 Å². The van der Waals surface area contributed by atoms with E-state index in [2.05, 4.69) is 10.1 Å². The van der Waals surface area contributed by atoms with Crippen LogP contribution in [0, 0.1) is 0 Å². The Labute approximate surface area is 256 Å². The minimum Gasteiger partial charge on any atom is -0.462 e. The lowest BCUT2D eigenvalue weighted by atomic mass is 10.0. The molecule has 1 fully saturated rings. The molecule has 240 valence electrons. The predicted molar refractivity (Wildman–Crippen MR) is 164 cm³/mol. The van der Waals surface area contributed by atoms with Crippen molar-refractivity contribution >= 4 is 35.5 Å². The Morgan fingerprint density at radius 3 is 2.56 bits per heavy atom. The molecule has 2 N–H and O–H groups in total. The summed E-state index contributed by atoms with van der Waals surface area (Å²) in [5.41, 5.74) is -2.49. The molecule has 5 rings (SSSR count). The van der Waals surface area contributed by atoms with Gasteiger partial charge in [0.05, 0.1) is 29.8 Å². The highest BCUT2D eigenvalue weighted by atomic mass is 31.2. The molecule has 0 amide bonds. The maximum Gasteiger partial charge on any atom is 0.459 e. The van der Waals surface area contributed by atoms with Crippen LogP contribution >= 0.6 is 7.75 Å². The van der Waals surface area contributed by atoms with Crippen molar-refractivity contribution in [3.05, 3.63) is 85.8 Å². The number of hydrogen-bond donors (Lipinski definition) is 2. The van der Waals surface area contributed by atoms with Gasteiger partial charge in [-0.05, 0) is 58.0 Å². The number of fused-ring (bicyclic) bond motifs is 2. The molecule has 4 aromatic rings. The second kappa shape index (κ2) is 12.4. The van der Waals surface area contributed by atoms with Crippen molar-refractivity contribution < 1.29 is 32.3 Å². The number of hydrogen-bond acceptors (Lipinski definition) is 9. The number of ether oxygens (including phenoxy) is 2. The zero-order valence-corrected chi connectivity index (χ0v) is 26.2. The fraction of sp³-hybridized carbons (Fsp3) is 0.400. The van der Waals surface area contributed by atoms with E-state index in [9.17, 15) is 23.7 Å². The Kier molecular flexibility index (Phi) is 8.87. The molecule has 13 nitrogen and oxygen atoms in total. The zero-order chi connectivity index (χ0) is 32.7. The van der Waals surface area contributed by atoms with Crippen LogP contribution in [0.1, 0.15) is 40.3 Å². The van der Waals surface area contributed by atoms with Crippen molar-refractivity contribution in [2.45, 2.75) is 64.3 Å². The van der Waals surface area contributed by atoms with Gasteiger partial charge in [0.2, 0.25) is 0 Å². The summed E-state index contributed by atoms with van der Waals surface area (Å²) in [6.45, 7) is 5.49. The van der Waals surface area contributed by atoms with E-state index in [1.54, 1.807) is 32.0 Å². The summed E-state index contributed by atoms with van der Waals surface area (Å²) in [6, 6.07) is 11.6. The maximum atomic E-state index is 15.6. The molecule has 2 aromatic carbocycles. The van der Waals surface area contributed by atoms with Crippen LogP contribution < -0.4 is 26.3 Å². The maximum absolute atomic E-state index is 15.6. The lowest BCUT2D eigenvalue weighted by Gasteiger charge is -2.24. The van der Waals surface area contributed by atoms with E-state index in [-0.39, 0.29) is 17.6 Å². The number of H-pyrrole nitrogens is 1. The lowest BCUT2D eigenvalue weighted by molar-refractivity contribution is -0.149. The summed E-state index contributed by atoms with van der Waals surface area (Å²) in [5, 5.41) is 3.35. The fourth-order valence-corrected chi connectivity index (χ4v) is 6.81. The number of para-hydroxylation sites is 1. The van der Waals surface area contributed by atoms with Gasteiger partial charge in [0.25, 0.3) is 5.56 Å². The summed E-state index contributed by atoms with van der Waals surface area (Å²) >= 11 is 0. The third-order valence-electron chi connectivity index (χ3n) is 7.36. The molecule has 5 atom stereocenters. The van der Waals surface area contributed by atoms with Gasteiger partial charge in [-0.3, -0.25) is 28.5 Å². The van der Waals surface area contributed by atoms with Crippen LogP contribution in [-0.2, 0) is 30.4 Å². The Bertz CT molecular complexity index is 1990. The first-order valence-corrected chi connectivity index (χ1v) is 15.8. The number of alkyl halides is 1. The predicted octanol–water partition coefficient (Wildman–Crippen LogP) is 3.69. The van der Waals surface area contributed by atoms with E-state index in [1.807, 2.05) is 23.7 Å². The minimum absolute atomic E-state index is 0.00970. The lowest BCUT2D eigenvalue weighted by Crippen LogP contribution is -2.38. The van der Waals surface area contributed by atoms with Crippen molar-refractivity contribution in [1.29, 1.82) is 0 Å². The molecule has 1 aliphatic heterocycles. The summed E-state index contributed by atoms with van der Waals surface area (Å²) in [5.74, 6) is -0.710. The molecule has 0 aliphatic carbocycles. The quantitative estimate of drug-likeness (QED) is 0.148. The number of carbonyl (C=O) groups is 1. The average Bonchev–Trinajstić information content (AvgIpc) is 3.28. The van der Waals surface area contributed by atoms with Crippen LogP contribution in [0.3, 0.4) is 0 Å². The third kappa shape index (κ3) is 6.79. The largest absolute Gasteiger partial charge is 0.462 e. The topological polar surface area (TPSA) is 160 Å². The second-order valence-corrected chi connectivity index (χ2v) is 13.1. The molecule has 1 saturated heterocycles. The summed E-state index contributed by atoms with van der Waals surface area (Å²) in [7, 11) is -2.61. The highest BCUT2D eigenvalue weighted by Gasteiger charge is 2.48. The van der Waals surface area contributed by atoms with Gasteiger partial charge in [-0.15, -0.1) is 0 Å². The molecule has 45 heavy (non-hydrogen) atoms. The normalized spacial score (nSPS) is 22.0. The van der Waals surface area contributed by atoms with Gasteiger partial charge < -0.3 is 18.6 Å². The van der Waals surface area contributed by atoms with Gasteiger partial charge in [-0.2, -0.15) is 5.09 Å². The van der Waals surface area contributed by atoms with E-state index in [0.717, 1.165) is 22.3 Å². The van der Waals surface area contributed by atoms with E-state index >= 15 is 4.39 Å². The highest BCUT2D eigenvalue weighted by Crippen LogP contribution is 2.47. The smallest absolute Gasteiger partial charge is 0.459 e. The van der Waals surface area contributed by atoms with Gasteiger partial charge in [-0.25, -0.2) is 13.8 Å². The Morgan fingerprint density at radius 2 is 1.84 bits per heavy atom. The number of nitrogens with zero attached hydrogens (tertiary/aromatic N) is 2. The Morgan fingerprint density at radius 1 is 1.13 bits per heavy atom. The molecule has 0 saturated carbocycles. The molecule has 5 unspecified atom stereocenters. The van der Waals surface area contributed by atoms with E-state index in [1.165, 1.54) is 26.0 Å². The molecule has 15 heteroatoms. The molecular weight excluding hydrogens is 610 g/mol. The Hall–Kier alpha value is -4.10. The number of esters is 1. The first-order chi connectivity index (χ1) is 21.2. The van der Waals surface area contributed by atoms with Crippen LogP contribution in [-0.4, -0.2) is 50.6 Å². The molecule has 1 aliphatic rings. The van der Waals surface area contributed by atoms with E-state index < -0.39 is 61.7 Å². The number of pyridine rings is 1. The molecule has 0 spiro atoms. The standard InChI is InChI=1S/C30H34FN4O9P/c1-17(2)42-27(38)18(3)33-45(40,41-16-20-15-30(4,31)28(43-20)35-13-12-25(36)32-29(35)39)44-19-10-11-24-22(14-19)26(37)21-8-6-7-9-23(21)34(24)5/h6-14,17-18,20,28H,15-16H2,1-5H3,(H,33,40)(H,32,36,39). The second-order valence-electron chi connectivity index (χ2n) is 11.4. The van der Waals surface area contributed by atoms with Crippen molar-refractivity contribution in [2.75, 3.05) is 6.61 Å². The summed E-state index contributed by atoms with van der Waals surface area (Å²) in [6.07, 6.45) is -1.99. The van der Waals surface area contributed by atoms with Crippen LogP contribution in [0.5, 0.6) is 5.75 Å². The highest BCUT2D eigenvalue weighted by molar-refractivity contribution is 7.52. The van der Waals surface area contributed by atoms with Gasteiger partial charge in [0.1, 0.15) is 11.8 Å². The molecule has 3 heterocycles. The third-order valence-corrected chi connectivity index (χ3v) is 9.01. The number of aromatic amines is 1. The number of carbonyl (C=O) groups excluding carboxylic acids is 1. The number of nitrogens with one attached hydrogen (secondary N) is 2. The Balaban J connectivity index is 1.43. The van der Waals surface area contributed by atoms with E-state index in [4.69, 9.17) is 18.5 Å². The summed E-state index contributed by atoms with van der Waals surface area (Å²) in [4.78, 5) is 51.8. The number of aryl methyl sites for hydroxylation is 1. The van der Waals surface area contributed by atoms with Crippen molar-refractivity contribution in [3.63, 3.8) is 0 Å². The van der Waals surface area contributed by atoms with Crippen molar-refractivity contribution in [1.82, 2.24) is 19.2 Å². The van der Waals surface area contributed by atoms with Gasteiger partial charge in [-0.1, -0.05) is 12.1 Å².